The van der Waals surface area contributed by atoms with E-state index in [1.54, 1.807) is 0 Å². The summed E-state index contributed by atoms with van der Waals surface area (Å²) >= 11 is 0. The molecule has 1 aliphatic heterocycles. The molecule has 15 heteroatoms. The van der Waals surface area contributed by atoms with E-state index in [4.69, 9.17) is 14.2 Å². The van der Waals surface area contributed by atoms with Gasteiger partial charge in [0.1, 0.15) is 30.2 Å². The van der Waals surface area contributed by atoms with Crippen molar-refractivity contribution < 1.29 is 43.9 Å². The maximum absolute atomic E-state index is 12.0. The van der Waals surface area contributed by atoms with Gasteiger partial charge in [-0.3, -0.25) is 4.57 Å². The minimum atomic E-state index is -4.75. The number of nitrogens with zero attached hydrogens (tertiary/aromatic N) is 4. The predicted molar refractivity (Wildman–Crippen MR) is 134 cm³/mol. The van der Waals surface area contributed by atoms with Crippen molar-refractivity contribution in [2.45, 2.75) is 81.6 Å². The van der Waals surface area contributed by atoms with Crippen LogP contribution in [-0.4, -0.2) is 101 Å². The first-order valence-corrected chi connectivity index (χ1v) is 14.0. The molecule has 38 heavy (non-hydrogen) atoms. The van der Waals surface area contributed by atoms with Gasteiger partial charge in [0.15, 0.2) is 17.2 Å². The van der Waals surface area contributed by atoms with Crippen LogP contribution in [0, 0.1) is 11.8 Å². The van der Waals surface area contributed by atoms with Crippen molar-refractivity contribution in [1.82, 2.24) is 19.7 Å². The fourth-order valence-corrected chi connectivity index (χ4v) is 5.06. The molecule has 2 aromatic rings. The van der Waals surface area contributed by atoms with Crippen LogP contribution in [0.15, 0.2) is 6.20 Å². The van der Waals surface area contributed by atoms with Gasteiger partial charge in [-0.25, -0.2) is 14.6 Å². The molecule has 2 aromatic heterocycles. The number of aromatic nitrogens is 4. The molecule has 1 unspecified atom stereocenters. The van der Waals surface area contributed by atoms with E-state index in [2.05, 4.69) is 32.2 Å². The lowest BCUT2D eigenvalue weighted by molar-refractivity contribution is -0.107. The molecular formula is C23H34N5O9P. The molecule has 210 valence electrons. The maximum Gasteiger partial charge on any atom is 0.359 e. The van der Waals surface area contributed by atoms with Crippen LogP contribution >= 0.6 is 7.60 Å². The molecule has 0 amide bonds. The quantitative estimate of drug-likeness (QED) is 0.180. The molecule has 1 aliphatic carbocycles. The smallest absolute Gasteiger partial charge is 0.359 e. The van der Waals surface area contributed by atoms with Gasteiger partial charge in [-0.2, -0.15) is 5.10 Å². The normalized spacial score (nSPS) is 26.7. The van der Waals surface area contributed by atoms with Gasteiger partial charge in [0.2, 0.25) is 5.82 Å². The van der Waals surface area contributed by atoms with E-state index in [9.17, 15) is 29.7 Å². The molecule has 0 spiro atoms. The second kappa shape index (κ2) is 11.5. The van der Waals surface area contributed by atoms with Crippen molar-refractivity contribution in [1.29, 1.82) is 0 Å². The Kier molecular flexibility index (Phi) is 8.73. The number of fused-ring (bicyclic) bond motifs is 1. The topological polar surface area (TPSA) is 202 Å². The first-order chi connectivity index (χ1) is 17.9. The summed E-state index contributed by atoms with van der Waals surface area (Å²) in [5, 5.41) is 37.4. The maximum atomic E-state index is 12.0. The van der Waals surface area contributed by atoms with Gasteiger partial charge in [-0.05, 0) is 32.6 Å². The summed E-state index contributed by atoms with van der Waals surface area (Å²) in [6, 6.07) is 0.223. The zero-order valence-corrected chi connectivity index (χ0v) is 22.3. The summed E-state index contributed by atoms with van der Waals surface area (Å²) in [6.45, 7) is 1.87. The second-order valence-electron chi connectivity index (χ2n) is 9.80. The average Bonchev–Trinajstić information content (AvgIpc) is 3.57. The van der Waals surface area contributed by atoms with Crippen LogP contribution in [0.3, 0.4) is 0 Å². The number of aliphatic hydroxyl groups is 3. The molecule has 14 nitrogen and oxygen atoms in total. The molecule has 0 aromatic carbocycles. The fourth-order valence-electron chi connectivity index (χ4n) is 4.52. The molecule has 1 saturated heterocycles. The molecule has 4 rings (SSSR count). The third kappa shape index (κ3) is 6.02. The van der Waals surface area contributed by atoms with E-state index in [0.717, 1.165) is 25.7 Å². The number of rotatable bonds is 9. The Labute approximate surface area is 219 Å². The van der Waals surface area contributed by atoms with Crippen LogP contribution in [0.5, 0.6) is 0 Å². The predicted octanol–water partition coefficient (Wildman–Crippen LogP) is 0.0892. The number of methoxy groups -OCH3 is 1. The van der Waals surface area contributed by atoms with Crippen LogP contribution in [0.25, 0.3) is 11.0 Å². The highest BCUT2D eigenvalue weighted by Gasteiger charge is 2.49. The molecule has 2 aliphatic rings. The molecular weight excluding hydrogens is 521 g/mol. The summed E-state index contributed by atoms with van der Waals surface area (Å²) in [5.74, 6) is 5.99. The lowest BCUT2D eigenvalue weighted by Crippen LogP contribution is -2.40. The summed E-state index contributed by atoms with van der Waals surface area (Å²) in [7, 11) is -3.47. The van der Waals surface area contributed by atoms with Gasteiger partial charge in [0, 0.05) is 13.2 Å². The Morgan fingerprint density at radius 3 is 2.63 bits per heavy atom. The van der Waals surface area contributed by atoms with Crippen LogP contribution in [0.2, 0.25) is 0 Å². The largest absolute Gasteiger partial charge is 0.387 e. The van der Waals surface area contributed by atoms with E-state index >= 15 is 0 Å². The number of hydrogen-bond donors (Lipinski definition) is 6. The van der Waals surface area contributed by atoms with Gasteiger partial charge in [0.25, 0.3) is 0 Å². The van der Waals surface area contributed by atoms with E-state index < -0.39 is 56.8 Å². The Hall–Kier alpha value is -2.18. The molecule has 3 heterocycles. The van der Waals surface area contributed by atoms with Gasteiger partial charge in [-0.1, -0.05) is 18.8 Å². The number of ether oxygens (including phenoxy) is 3. The summed E-state index contributed by atoms with van der Waals surface area (Å²) in [4.78, 5) is 28.4. The summed E-state index contributed by atoms with van der Waals surface area (Å²) in [6.07, 6.45) is -0.405. The number of aliphatic hydroxyl groups excluding tert-OH is 3. The SMILES string of the molecule is COCC(C)(OC[C@H]1O[C@@H](n2ncc3c(NC4CCCC4)nc(C#C[C@@H](C)O)nc32)[C@H](O)[C@@H]1O)P(=O)(O)O. The van der Waals surface area contributed by atoms with Crippen molar-refractivity contribution in [3.8, 4) is 11.8 Å². The average molecular weight is 556 g/mol. The zero-order chi connectivity index (χ0) is 27.7. The standard InChI is InChI=1S/C23H34N5O9P/c1-13(29)8-9-17-26-20(25-14-6-4-5-7-14)15-10-24-28(21(15)27-17)22-19(31)18(30)16(37-22)11-36-23(2,12-35-3)38(32,33)34/h10,13-14,16,18-19,22,29-31H,4-7,11-12H2,1-3H3,(H,25,26,27)(H2,32,33,34)/t13-,16-,18-,19-,22-,23?/m1/s1. The molecule has 6 atom stereocenters. The number of nitrogens with one attached hydrogen (secondary N) is 1. The second-order valence-corrected chi connectivity index (χ2v) is 11.8. The van der Waals surface area contributed by atoms with E-state index in [-0.39, 0.29) is 17.5 Å². The van der Waals surface area contributed by atoms with Crippen LogP contribution < -0.4 is 5.32 Å². The first kappa shape index (κ1) is 28.8. The third-order valence-electron chi connectivity index (χ3n) is 6.71. The molecule has 6 N–H and O–H groups in total. The summed E-state index contributed by atoms with van der Waals surface area (Å²) < 4.78 is 29.5. The third-order valence-corrected chi connectivity index (χ3v) is 8.20. The number of hydrogen-bond acceptors (Lipinski definition) is 11. The highest BCUT2D eigenvalue weighted by Crippen LogP contribution is 2.51. The molecule has 1 saturated carbocycles. The van der Waals surface area contributed by atoms with Crippen molar-refractivity contribution in [2.24, 2.45) is 0 Å². The highest BCUT2D eigenvalue weighted by atomic mass is 31.2. The van der Waals surface area contributed by atoms with Crippen LogP contribution in [-0.2, 0) is 18.8 Å². The van der Waals surface area contributed by atoms with E-state index in [1.807, 2.05) is 0 Å². The van der Waals surface area contributed by atoms with E-state index in [0.29, 0.717) is 11.2 Å². The Balaban J connectivity index is 1.63. The van der Waals surface area contributed by atoms with Crippen LogP contribution in [0.1, 0.15) is 51.6 Å². The lowest BCUT2D eigenvalue weighted by Gasteiger charge is -2.31. The fraction of sp³-hybridized carbons (Fsp3) is 0.696. The van der Waals surface area contributed by atoms with Gasteiger partial charge >= 0.3 is 7.60 Å². The first-order valence-electron chi connectivity index (χ1n) is 12.3. The van der Waals surface area contributed by atoms with Gasteiger partial charge in [-0.15, -0.1) is 0 Å². The van der Waals surface area contributed by atoms with Gasteiger partial charge < -0.3 is 44.6 Å². The molecule has 0 bridgehead atoms. The molecule has 2 fully saturated rings. The minimum absolute atomic E-state index is 0.130. The Bertz CT molecular complexity index is 1240. The highest BCUT2D eigenvalue weighted by molar-refractivity contribution is 7.53. The van der Waals surface area contributed by atoms with E-state index in [1.165, 1.54) is 31.8 Å². The van der Waals surface area contributed by atoms with Gasteiger partial charge in [0.05, 0.1) is 24.8 Å². The van der Waals surface area contributed by atoms with Crippen molar-refractivity contribution in [3.05, 3.63) is 12.0 Å². The van der Waals surface area contributed by atoms with Crippen LogP contribution in [0.4, 0.5) is 5.82 Å². The molecule has 0 radical (unpaired) electrons. The number of anilines is 1. The van der Waals surface area contributed by atoms with Crippen molar-refractivity contribution >= 4 is 24.4 Å². The summed E-state index contributed by atoms with van der Waals surface area (Å²) in [5.41, 5.74) is 0.285. The van der Waals surface area contributed by atoms with Crippen molar-refractivity contribution in [2.75, 3.05) is 25.6 Å². The lowest BCUT2D eigenvalue weighted by atomic mass is 10.1. The monoisotopic (exact) mass is 555 g/mol. The van der Waals surface area contributed by atoms with Crippen molar-refractivity contribution in [3.63, 3.8) is 0 Å². The Morgan fingerprint density at radius 1 is 1.29 bits per heavy atom. The zero-order valence-electron chi connectivity index (χ0n) is 21.4. The minimum Gasteiger partial charge on any atom is -0.387 e. The Morgan fingerprint density at radius 2 is 2.00 bits per heavy atom.